The summed E-state index contributed by atoms with van der Waals surface area (Å²) < 4.78 is 11.2. The van der Waals surface area contributed by atoms with E-state index in [1.165, 1.54) is 12.8 Å². The Hall–Kier alpha value is -0.490. The third-order valence-corrected chi connectivity index (χ3v) is 3.52. The Morgan fingerprint density at radius 2 is 2.50 bits per heavy atom. The Balaban J connectivity index is 1.66. The van der Waals surface area contributed by atoms with Crippen LogP contribution in [-0.2, 0) is 22.6 Å². The van der Waals surface area contributed by atoms with Crippen LogP contribution >= 0.6 is 11.3 Å². The van der Waals surface area contributed by atoms with E-state index >= 15 is 0 Å². The van der Waals surface area contributed by atoms with Crippen LogP contribution in [-0.4, -0.2) is 24.3 Å². The number of hydrogen-bond donors (Lipinski definition) is 1. The van der Waals surface area contributed by atoms with Crippen molar-refractivity contribution in [3.8, 4) is 0 Å². The molecule has 0 aromatic carbocycles. The van der Waals surface area contributed by atoms with Crippen molar-refractivity contribution >= 4 is 11.3 Å². The van der Waals surface area contributed by atoms with E-state index in [0.717, 1.165) is 23.7 Å². The maximum atomic E-state index is 5.60. The second-order valence-electron chi connectivity index (χ2n) is 3.94. The van der Waals surface area contributed by atoms with Crippen molar-refractivity contribution in [1.29, 1.82) is 0 Å². The standard InChI is InChI=1S/C11H18N2O2S/c12-5-11-13-9(8-16-11)6-14-7-10-3-1-2-4-15-10/h8,10H,1-7,12H2. The number of nitrogens with zero attached hydrogens (tertiary/aromatic N) is 1. The summed E-state index contributed by atoms with van der Waals surface area (Å²) in [6.07, 6.45) is 3.83. The Bertz CT molecular complexity index is 311. The van der Waals surface area contributed by atoms with Gasteiger partial charge in [-0.3, -0.25) is 0 Å². The first-order chi connectivity index (χ1) is 7.88. The molecule has 0 radical (unpaired) electrons. The van der Waals surface area contributed by atoms with Crippen LogP contribution in [0.3, 0.4) is 0 Å². The van der Waals surface area contributed by atoms with E-state index in [0.29, 0.717) is 19.8 Å². The molecule has 0 amide bonds. The molecule has 1 fully saturated rings. The third kappa shape index (κ3) is 3.52. The summed E-state index contributed by atoms with van der Waals surface area (Å²) in [5.41, 5.74) is 6.47. The molecular weight excluding hydrogens is 224 g/mol. The van der Waals surface area contributed by atoms with Gasteiger partial charge >= 0.3 is 0 Å². The van der Waals surface area contributed by atoms with Gasteiger partial charge in [-0.2, -0.15) is 0 Å². The number of aromatic nitrogens is 1. The van der Waals surface area contributed by atoms with Gasteiger partial charge < -0.3 is 15.2 Å². The van der Waals surface area contributed by atoms with Gasteiger partial charge in [0.2, 0.25) is 0 Å². The topological polar surface area (TPSA) is 57.4 Å². The predicted molar refractivity (Wildman–Crippen MR) is 63.3 cm³/mol. The Morgan fingerprint density at radius 3 is 3.19 bits per heavy atom. The number of hydrogen-bond acceptors (Lipinski definition) is 5. The molecule has 0 bridgehead atoms. The smallest absolute Gasteiger partial charge is 0.107 e. The van der Waals surface area contributed by atoms with E-state index in [9.17, 15) is 0 Å². The van der Waals surface area contributed by atoms with E-state index in [2.05, 4.69) is 4.98 Å². The molecule has 2 N–H and O–H groups in total. The van der Waals surface area contributed by atoms with Crippen molar-refractivity contribution in [2.45, 2.75) is 38.5 Å². The minimum atomic E-state index is 0.279. The van der Waals surface area contributed by atoms with Crippen molar-refractivity contribution in [3.05, 3.63) is 16.1 Å². The lowest BCUT2D eigenvalue weighted by atomic mass is 10.1. The Kier molecular flexibility index (Phi) is 4.71. The quantitative estimate of drug-likeness (QED) is 0.853. The summed E-state index contributed by atoms with van der Waals surface area (Å²) in [4.78, 5) is 4.34. The highest BCUT2D eigenvalue weighted by Gasteiger charge is 2.13. The highest BCUT2D eigenvalue weighted by atomic mass is 32.1. The monoisotopic (exact) mass is 242 g/mol. The van der Waals surface area contributed by atoms with Gasteiger partial charge in [0, 0.05) is 18.5 Å². The van der Waals surface area contributed by atoms with Gasteiger partial charge in [-0.1, -0.05) is 0 Å². The van der Waals surface area contributed by atoms with Crippen LogP contribution in [0.15, 0.2) is 5.38 Å². The summed E-state index contributed by atoms with van der Waals surface area (Å²) in [5.74, 6) is 0. The minimum Gasteiger partial charge on any atom is -0.376 e. The van der Waals surface area contributed by atoms with Gasteiger partial charge in [-0.15, -0.1) is 11.3 Å². The molecule has 1 aromatic rings. The average Bonchev–Trinajstić information content (AvgIpc) is 2.78. The normalized spacial score (nSPS) is 21.2. The zero-order valence-corrected chi connectivity index (χ0v) is 10.2. The lowest BCUT2D eigenvalue weighted by Gasteiger charge is -2.22. The van der Waals surface area contributed by atoms with E-state index in [-0.39, 0.29) is 6.10 Å². The zero-order valence-electron chi connectivity index (χ0n) is 9.35. The van der Waals surface area contributed by atoms with Crippen LogP contribution < -0.4 is 5.73 Å². The van der Waals surface area contributed by atoms with Crippen molar-refractivity contribution in [2.24, 2.45) is 5.73 Å². The first-order valence-electron chi connectivity index (χ1n) is 5.71. The molecule has 1 aliphatic heterocycles. The molecule has 90 valence electrons. The average molecular weight is 242 g/mol. The van der Waals surface area contributed by atoms with E-state index < -0.39 is 0 Å². The van der Waals surface area contributed by atoms with Crippen molar-refractivity contribution in [2.75, 3.05) is 13.2 Å². The van der Waals surface area contributed by atoms with Gasteiger partial charge in [-0.25, -0.2) is 4.98 Å². The van der Waals surface area contributed by atoms with E-state index in [4.69, 9.17) is 15.2 Å². The molecule has 0 spiro atoms. The van der Waals surface area contributed by atoms with Crippen molar-refractivity contribution in [3.63, 3.8) is 0 Å². The summed E-state index contributed by atoms with van der Waals surface area (Å²) in [7, 11) is 0. The van der Waals surface area contributed by atoms with Gasteiger partial charge in [0.05, 0.1) is 25.0 Å². The predicted octanol–water partition coefficient (Wildman–Crippen LogP) is 1.69. The molecule has 0 saturated carbocycles. The van der Waals surface area contributed by atoms with Gasteiger partial charge in [0.15, 0.2) is 0 Å². The lowest BCUT2D eigenvalue weighted by Crippen LogP contribution is -2.24. The first-order valence-corrected chi connectivity index (χ1v) is 6.59. The molecule has 2 rings (SSSR count). The molecule has 0 aliphatic carbocycles. The molecule has 16 heavy (non-hydrogen) atoms. The fraction of sp³-hybridized carbons (Fsp3) is 0.727. The molecule has 1 aromatic heterocycles. The minimum absolute atomic E-state index is 0.279. The van der Waals surface area contributed by atoms with Crippen molar-refractivity contribution < 1.29 is 9.47 Å². The lowest BCUT2D eigenvalue weighted by molar-refractivity contribution is -0.0452. The summed E-state index contributed by atoms with van der Waals surface area (Å²) >= 11 is 1.59. The maximum Gasteiger partial charge on any atom is 0.107 e. The number of rotatable bonds is 5. The largest absolute Gasteiger partial charge is 0.376 e. The molecule has 4 nitrogen and oxygen atoms in total. The van der Waals surface area contributed by atoms with Crippen molar-refractivity contribution in [1.82, 2.24) is 4.98 Å². The fourth-order valence-corrected chi connectivity index (χ4v) is 2.40. The van der Waals surface area contributed by atoms with Crippen LogP contribution in [0.25, 0.3) is 0 Å². The number of thiazole rings is 1. The van der Waals surface area contributed by atoms with Gasteiger partial charge in [0.1, 0.15) is 5.01 Å². The fourth-order valence-electron chi connectivity index (χ4n) is 1.74. The van der Waals surface area contributed by atoms with Gasteiger partial charge in [-0.05, 0) is 19.3 Å². The van der Waals surface area contributed by atoms with E-state index in [1.54, 1.807) is 11.3 Å². The highest BCUT2D eigenvalue weighted by molar-refractivity contribution is 7.09. The number of nitrogens with two attached hydrogens (primary N) is 1. The molecule has 2 heterocycles. The first kappa shape index (κ1) is 12.0. The van der Waals surface area contributed by atoms with Crippen LogP contribution in [0.2, 0.25) is 0 Å². The summed E-state index contributed by atoms with van der Waals surface area (Å²) in [5, 5.41) is 2.97. The van der Waals surface area contributed by atoms with Crippen LogP contribution in [0.5, 0.6) is 0 Å². The van der Waals surface area contributed by atoms with Crippen LogP contribution in [0, 0.1) is 0 Å². The maximum absolute atomic E-state index is 5.60. The SMILES string of the molecule is NCc1nc(COCC2CCCCO2)cs1. The van der Waals surface area contributed by atoms with Gasteiger partial charge in [0.25, 0.3) is 0 Å². The number of ether oxygens (including phenoxy) is 2. The molecule has 5 heteroatoms. The molecular formula is C11H18N2O2S. The zero-order chi connectivity index (χ0) is 11.2. The Labute approximate surface area is 99.8 Å². The van der Waals surface area contributed by atoms with Crippen LogP contribution in [0.1, 0.15) is 30.0 Å². The van der Waals surface area contributed by atoms with E-state index in [1.807, 2.05) is 5.38 Å². The molecule has 1 unspecified atom stereocenters. The second-order valence-corrected chi connectivity index (χ2v) is 4.88. The molecule has 1 aliphatic rings. The molecule has 1 saturated heterocycles. The highest BCUT2D eigenvalue weighted by Crippen LogP contribution is 2.14. The third-order valence-electron chi connectivity index (χ3n) is 2.60. The molecule has 1 atom stereocenters. The summed E-state index contributed by atoms with van der Waals surface area (Å²) in [6.45, 7) is 2.63. The van der Waals surface area contributed by atoms with Crippen LogP contribution in [0.4, 0.5) is 0 Å². The Morgan fingerprint density at radius 1 is 1.56 bits per heavy atom. The summed E-state index contributed by atoms with van der Waals surface area (Å²) in [6, 6.07) is 0. The second kappa shape index (κ2) is 6.30.